The number of nitrogens with one attached hydrogen (secondary N) is 1. The van der Waals surface area contributed by atoms with Crippen LogP contribution in [0.4, 0.5) is 5.69 Å². The van der Waals surface area contributed by atoms with Gasteiger partial charge in [-0.1, -0.05) is 32.0 Å². The highest BCUT2D eigenvalue weighted by Crippen LogP contribution is 2.59. The van der Waals surface area contributed by atoms with Crippen LogP contribution in [0, 0.1) is 23.7 Å². The van der Waals surface area contributed by atoms with E-state index in [9.17, 15) is 19.2 Å². The van der Waals surface area contributed by atoms with Crippen molar-refractivity contribution >= 4 is 52.6 Å². The van der Waals surface area contributed by atoms with Gasteiger partial charge in [-0.3, -0.25) is 24.1 Å². The first-order chi connectivity index (χ1) is 15.3. The molecule has 3 fully saturated rings. The first kappa shape index (κ1) is 23.1. The van der Waals surface area contributed by atoms with Crippen molar-refractivity contribution < 1.29 is 23.9 Å². The lowest BCUT2D eigenvalue weighted by atomic mass is 9.80. The van der Waals surface area contributed by atoms with Gasteiger partial charge in [0.15, 0.2) is 6.61 Å². The Bertz CT molecular complexity index is 913. The largest absolute Gasteiger partial charge is 0.454 e. The van der Waals surface area contributed by atoms with Gasteiger partial charge in [0.1, 0.15) is 6.54 Å². The lowest BCUT2D eigenvalue weighted by Crippen LogP contribution is -2.38. The fourth-order valence-electron chi connectivity index (χ4n) is 5.47. The highest BCUT2D eigenvalue weighted by Gasteiger charge is 2.66. The highest BCUT2D eigenvalue weighted by molar-refractivity contribution is 6.31. The Kier molecular flexibility index (Phi) is 6.50. The van der Waals surface area contributed by atoms with E-state index in [4.69, 9.17) is 27.9 Å². The molecule has 3 amide bonds. The van der Waals surface area contributed by atoms with Crippen LogP contribution in [0.15, 0.2) is 18.2 Å². The van der Waals surface area contributed by atoms with Crippen LogP contribution in [0.2, 0.25) is 0 Å². The summed E-state index contributed by atoms with van der Waals surface area (Å²) >= 11 is 12.7. The molecule has 0 aromatic heterocycles. The van der Waals surface area contributed by atoms with Crippen LogP contribution in [-0.2, 0) is 36.8 Å². The molecule has 1 aromatic rings. The normalized spacial score (nSPS) is 30.6. The second-order valence-electron chi connectivity index (χ2n) is 8.63. The molecule has 0 unspecified atom stereocenters. The van der Waals surface area contributed by atoms with E-state index in [0.717, 1.165) is 34.6 Å². The average Bonchev–Trinajstić information content (AvgIpc) is 3.39. The topological polar surface area (TPSA) is 92.8 Å². The number of fused-ring (bicyclic) bond motifs is 5. The smallest absolute Gasteiger partial charge is 0.326 e. The van der Waals surface area contributed by atoms with Crippen molar-refractivity contribution in [3.05, 3.63) is 29.3 Å². The zero-order valence-electron chi connectivity index (χ0n) is 18.0. The lowest BCUT2D eigenvalue weighted by Gasteiger charge is -2.28. The molecule has 1 aromatic carbocycles. The third-order valence-electron chi connectivity index (χ3n) is 6.99. The summed E-state index contributed by atoms with van der Waals surface area (Å²) in [4.78, 5) is 51.3. The van der Waals surface area contributed by atoms with E-state index in [-0.39, 0.29) is 22.6 Å². The third-order valence-corrected chi connectivity index (χ3v) is 8.31. The minimum atomic E-state index is -0.807. The van der Waals surface area contributed by atoms with Crippen molar-refractivity contribution in [3.8, 4) is 0 Å². The van der Waals surface area contributed by atoms with Crippen molar-refractivity contribution in [2.45, 2.75) is 43.9 Å². The summed E-state index contributed by atoms with van der Waals surface area (Å²) in [5.74, 6) is -3.40. The Morgan fingerprint density at radius 3 is 2.06 bits per heavy atom. The molecule has 1 N–H and O–H groups in total. The number of carbonyl (C=O) groups excluding carboxylic acids is 4. The summed E-state index contributed by atoms with van der Waals surface area (Å²) in [6.45, 7) is 2.98. The monoisotopic (exact) mass is 480 g/mol. The van der Waals surface area contributed by atoms with E-state index in [1.54, 1.807) is 0 Å². The minimum absolute atomic E-state index is 0.149. The molecule has 7 nitrogen and oxygen atoms in total. The Labute approximate surface area is 196 Å². The van der Waals surface area contributed by atoms with Crippen LogP contribution < -0.4 is 5.32 Å². The number of hydrogen-bond donors (Lipinski definition) is 1. The first-order valence-corrected chi connectivity index (χ1v) is 11.8. The van der Waals surface area contributed by atoms with Crippen LogP contribution in [0.5, 0.6) is 0 Å². The number of rotatable bonds is 7. The summed E-state index contributed by atoms with van der Waals surface area (Å²) < 4.78 is 5.07. The van der Waals surface area contributed by atoms with Crippen LogP contribution in [-0.4, -0.2) is 52.5 Å². The van der Waals surface area contributed by atoms with Gasteiger partial charge in [-0.25, -0.2) is 0 Å². The summed E-state index contributed by atoms with van der Waals surface area (Å²) in [6, 6.07) is 5.82. The number of ether oxygens (including phenoxy) is 1. The maximum absolute atomic E-state index is 12.8. The molecular weight excluding hydrogens is 455 g/mol. The molecule has 3 aliphatic rings. The zero-order chi connectivity index (χ0) is 23.2. The fraction of sp³-hybridized carbons (Fsp3) is 0.565. The number of nitrogens with zero attached hydrogens (tertiary/aromatic N) is 1. The van der Waals surface area contributed by atoms with E-state index in [0.29, 0.717) is 6.42 Å². The van der Waals surface area contributed by atoms with Crippen molar-refractivity contribution in [1.82, 2.24) is 4.90 Å². The molecule has 1 aliphatic heterocycles. The van der Waals surface area contributed by atoms with Gasteiger partial charge in [-0.15, -0.1) is 23.2 Å². The van der Waals surface area contributed by atoms with Crippen LogP contribution >= 0.6 is 23.2 Å². The summed E-state index contributed by atoms with van der Waals surface area (Å²) in [7, 11) is 0. The van der Waals surface area contributed by atoms with E-state index in [2.05, 4.69) is 5.32 Å². The number of likely N-dealkylation sites (tertiary alicyclic amines) is 1. The van der Waals surface area contributed by atoms with Crippen molar-refractivity contribution in [3.63, 3.8) is 0 Å². The number of amides is 3. The predicted molar refractivity (Wildman–Crippen MR) is 119 cm³/mol. The highest BCUT2D eigenvalue weighted by atomic mass is 35.5. The maximum atomic E-state index is 12.8. The Morgan fingerprint density at radius 1 is 1.03 bits per heavy atom. The molecule has 1 saturated heterocycles. The third kappa shape index (κ3) is 3.79. The molecule has 0 radical (unpaired) electrons. The molecule has 32 heavy (non-hydrogen) atoms. The van der Waals surface area contributed by atoms with Crippen molar-refractivity contribution in [2.75, 3.05) is 18.5 Å². The number of alkyl halides is 2. The van der Waals surface area contributed by atoms with Crippen molar-refractivity contribution in [2.24, 2.45) is 23.7 Å². The SMILES string of the molecule is CCc1cccc(CC)c1NC(=O)COC(=O)CN1C(=O)[C@@H]2[C@H]3C[C@@H]([C@@H](Cl)[C@H]3Cl)[C@H]2C1=O. The molecule has 2 bridgehead atoms. The molecule has 4 rings (SSSR count). The van der Waals surface area contributed by atoms with E-state index in [1.165, 1.54) is 0 Å². The lowest BCUT2D eigenvalue weighted by molar-refractivity contribution is -0.154. The number of benzene rings is 1. The molecule has 172 valence electrons. The summed E-state index contributed by atoms with van der Waals surface area (Å²) in [5.41, 5.74) is 2.72. The predicted octanol–water partition coefficient (Wildman–Crippen LogP) is 2.76. The molecule has 1 heterocycles. The molecule has 9 heteroatoms. The summed E-state index contributed by atoms with van der Waals surface area (Å²) in [5, 5.41) is 2.11. The maximum Gasteiger partial charge on any atom is 0.326 e. The van der Waals surface area contributed by atoms with Crippen LogP contribution in [0.3, 0.4) is 0 Å². The first-order valence-electron chi connectivity index (χ1n) is 11.0. The van der Waals surface area contributed by atoms with Gasteiger partial charge in [0, 0.05) is 5.69 Å². The van der Waals surface area contributed by atoms with E-state index in [1.807, 2.05) is 32.0 Å². The Hall–Kier alpha value is -2.12. The van der Waals surface area contributed by atoms with Gasteiger partial charge in [0.25, 0.3) is 5.91 Å². The van der Waals surface area contributed by atoms with Crippen LogP contribution in [0.1, 0.15) is 31.4 Å². The van der Waals surface area contributed by atoms with Gasteiger partial charge in [0.05, 0.1) is 22.6 Å². The average molecular weight is 481 g/mol. The Morgan fingerprint density at radius 2 is 1.56 bits per heavy atom. The van der Waals surface area contributed by atoms with Crippen molar-refractivity contribution in [1.29, 1.82) is 0 Å². The fourth-order valence-corrected chi connectivity index (χ4v) is 6.36. The van der Waals surface area contributed by atoms with Gasteiger partial charge in [-0.05, 0) is 42.2 Å². The number of carbonyl (C=O) groups is 4. The number of anilines is 1. The summed E-state index contributed by atoms with van der Waals surface area (Å²) in [6.07, 6.45) is 2.16. The molecule has 0 spiro atoms. The molecule has 2 saturated carbocycles. The second kappa shape index (κ2) is 9.02. The van der Waals surface area contributed by atoms with Gasteiger partial charge >= 0.3 is 5.97 Å². The number of imide groups is 1. The standard InChI is InChI=1S/C23H26Cl2N2O5/c1-3-11-6-5-7-12(4-2)21(11)26-15(28)10-32-16(29)9-27-22(30)17-13-8-14(18(17)23(27)31)20(25)19(13)24/h5-7,13-14,17-20H,3-4,8-10H2,1-2H3,(H,26,28)/t13-,14-,17-,18-,19-,20+/m1/s1. The molecule has 2 aliphatic carbocycles. The van der Waals surface area contributed by atoms with Crippen LogP contribution in [0.25, 0.3) is 0 Å². The van der Waals surface area contributed by atoms with Gasteiger partial charge < -0.3 is 10.1 Å². The minimum Gasteiger partial charge on any atom is -0.454 e. The van der Waals surface area contributed by atoms with E-state index >= 15 is 0 Å². The Balaban J connectivity index is 1.34. The van der Waals surface area contributed by atoms with Gasteiger partial charge in [-0.2, -0.15) is 0 Å². The number of para-hydroxylation sites is 1. The number of aryl methyl sites for hydroxylation is 2. The van der Waals surface area contributed by atoms with E-state index < -0.39 is 48.7 Å². The second-order valence-corrected chi connectivity index (χ2v) is 9.64. The number of hydrogen-bond acceptors (Lipinski definition) is 5. The van der Waals surface area contributed by atoms with Gasteiger partial charge in [0.2, 0.25) is 11.8 Å². The molecule has 6 atom stereocenters. The number of halogens is 2. The number of esters is 1. The molecular formula is C23H26Cl2N2O5. The zero-order valence-corrected chi connectivity index (χ0v) is 19.5. The quantitative estimate of drug-likeness (QED) is 0.367.